The summed E-state index contributed by atoms with van der Waals surface area (Å²) < 4.78 is 4.43. The van der Waals surface area contributed by atoms with Crippen molar-refractivity contribution in [1.82, 2.24) is 19.1 Å². The molecular weight excluding hydrogens is 436 g/mol. The summed E-state index contributed by atoms with van der Waals surface area (Å²) in [6.07, 6.45) is 1.89. The Morgan fingerprint density at radius 1 is 1.03 bits per heavy atom. The van der Waals surface area contributed by atoms with E-state index in [1.165, 1.54) is 0 Å². The number of para-hydroxylation sites is 2. The van der Waals surface area contributed by atoms with E-state index in [0.717, 1.165) is 63.2 Å². The molecule has 174 valence electrons. The third-order valence-corrected chi connectivity index (χ3v) is 6.25. The van der Waals surface area contributed by atoms with Crippen LogP contribution in [0.15, 0.2) is 60.7 Å². The third kappa shape index (κ3) is 4.29. The van der Waals surface area contributed by atoms with Gasteiger partial charge in [-0.25, -0.2) is 14.8 Å². The van der Waals surface area contributed by atoms with E-state index in [0.29, 0.717) is 12.1 Å². The lowest BCUT2D eigenvalue weighted by Gasteiger charge is -2.11. The van der Waals surface area contributed by atoms with Crippen LogP contribution >= 0.6 is 0 Å². The van der Waals surface area contributed by atoms with Crippen LogP contribution in [0.2, 0.25) is 0 Å². The Morgan fingerprint density at radius 2 is 1.80 bits per heavy atom. The number of hydrogen-bond donors (Lipinski definition) is 1. The molecule has 5 rings (SSSR count). The van der Waals surface area contributed by atoms with Gasteiger partial charge in [0.1, 0.15) is 11.6 Å². The van der Waals surface area contributed by atoms with Crippen molar-refractivity contribution in [3.63, 3.8) is 0 Å². The van der Waals surface area contributed by atoms with Crippen molar-refractivity contribution in [1.29, 1.82) is 0 Å². The summed E-state index contributed by atoms with van der Waals surface area (Å²) in [7, 11) is 2.05. The molecule has 0 aliphatic heterocycles. The molecule has 6 nitrogen and oxygen atoms in total. The van der Waals surface area contributed by atoms with Crippen LogP contribution in [0.3, 0.4) is 0 Å². The molecule has 2 aromatic heterocycles. The van der Waals surface area contributed by atoms with E-state index in [-0.39, 0.29) is 0 Å². The van der Waals surface area contributed by atoms with Gasteiger partial charge in [0.15, 0.2) is 0 Å². The molecule has 5 aromatic rings. The van der Waals surface area contributed by atoms with Crippen LogP contribution in [0.25, 0.3) is 33.5 Å². The lowest BCUT2D eigenvalue weighted by Crippen LogP contribution is -2.05. The third-order valence-electron chi connectivity index (χ3n) is 6.25. The average Bonchev–Trinajstić information content (AvgIpc) is 3.37. The van der Waals surface area contributed by atoms with Crippen molar-refractivity contribution in [2.24, 2.45) is 7.05 Å². The molecule has 0 bridgehead atoms. The molecule has 0 atom stereocenters. The molecule has 0 saturated heterocycles. The predicted octanol–water partition coefficient (Wildman–Crippen LogP) is 5.34. The van der Waals surface area contributed by atoms with Crippen LogP contribution in [0, 0.1) is 18.8 Å². The number of carboxylic acids is 1. The maximum Gasteiger partial charge on any atom is 0.382 e. The van der Waals surface area contributed by atoms with Crippen LogP contribution in [-0.4, -0.2) is 30.2 Å². The molecule has 0 fully saturated rings. The van der Waals surface area contributed by atoms with Gasteiger partial charge in [0.05, 0.1) is 22.1 Å². The van der Waals surface area contributed by atoms with Gasteiger partial charge in [-0.05, 0) is 60.9 Å². The molecule has 0 aliphatic carbocycles. The molecule has 1 N–H and O–H groups in total. The number of aliphatic carboxylic acids is 1. The van der Waals surface area contributed by atoms with Crippen molar-refractivity contribution in [2.45, 2.75) is 33.2 Å². The predicted molar refractivity (Wildman–Crippen MR) is 138 cm³/mol. The summed E-state index contributed by atoms with van der Waals surface area (Å²) >= 11 is 0. The molecule has 35 heavy (non-hydrogen) atoms. The summed E-state index contributed by atoms with van der Waals surface area (Å²) in [4.78, 5) is 20.6. The summed E-state index contributed by atoms with van der Waals surface area (Å²) in [6, 6.07) is 20.3. The van der Waals surface area contributed by atoms with E-state index in [9.17, 15) is 4.79 Å². The number of fused-ring (bicyclic) bond motifs is 2. The highest BCUT2D eigenvalue weighted by Gasteiger charge is 2.17. The van der Waals surface area contributed by atoms with Gasteiger partial charge in [-0.3, -0.25) is 0 Å². The number of nitrogens with zero attached hydrogens (tertiary/aromatic N) is 4. The first-order valence-corrected chi connectivity index (χ1v) is 11.7. The standard InChI is InChI=1S/C29H26N4O2/c1-4-7-26-31-28-19(2)16-22(29-30-23-8-5-6-9-24(23)32(29)3)17-25(28)33(26)18-21-12-10-20(11-13-21)14-15-27(34)35/h5-6,8-13,16-17H,4,7,18H2,1-3H3,(H,34,35). The zero-order valence-electron chi connectivity index (χ0n) is 20.0. The second kappa shape index (κ2) is 9.11. The second-order valence-corrected chi connectivity index (χ2v) is 8.76. The van der Waals surface area contributed by atoms with Crippen molar-refractivity contribution in [3.8, 4) is 23.2 Å². The Hall–Kier alpha value is -4.37. The monoisotopic (exact) mass is 462 g/mol. The van der Waals surface area contributed by atoms with E-state index in [1.54, 1.807) is 0 Å². The second-order valence-electron chi connectivity index (χ2n) is 8.76. The minimum Gasteiger partial charge on any atom is -0.472 e. The largest absolute Gasteiger partial charge is 0.472 e. The quantitative estimate of drug-likeness (QED) is 0.358. The Kier molecular flexibility index (Phi) is 5.84. The zero-order valence-corrected chi connectivity index (χ0v) is 20.0. The van der Waals surface area contributed by atoms with Crippen LogP contribution in [0.5, 0.6) is 0 Å². The number of imidazole rings is 2. The first-order chi connectivity index (χ1) is 16.9. The minimum absolute atomic E-state index is 0.671. The smallest absolute Gasteiger partial charge is 0.382 e. The molecule has 0 unspecified atom stereocenters. The summed E-state index contributed by atoms with van der Waals surface area (Å²) in [5.74, 6) is 5.69. The van der Waals surface area contributed by atoms with Gasteiger partial charge in [0, 0.05) is 37.1 Å². The number of aromatic nitrogens is 4. The SMILES string of the molecule is CCCc1nc2c(C)cc(-c3nc4ccccc4n3C)cc2n1Cc1ccc(C#CC(=O)O)cc1. The number of carboxylic acid groups (broad SMARTS) is 1. The van der Waals surface area contributed by atoms with E-state index in [1.807, 2.05) is 42.5 Å². The fourth-order valence-corrected chi connectivity index (χ4v) is 4.57. The molecule has 0 radical (unpaired) electrons. The van der Waals surface area contributed by atoms with Crippen LogP contribution in [0.4, 0.5) is 0 Å². The Balaban J connectivity index is 1.60. The summed E-state index contributed by atoms with van der Waals surface area (Å²) in [5, 5.41) is 8.78. The zero-order chi connectivity index (χ0) is 24.5. The summed E-state index contributed by atoms with van der Waals surface area (Å²) in [5.41, 5.74) is 8.16. The van der Waals surface area contributed by atoms with Crippen molar-refractivity contribution in [2.75, 3.05) is 0 Å². The first kappa shape index (κ1) is 22.4. The molecule has 2 heterocycles. The first-order valence-electron chi connectivity index (χ1n) is 11.7. The maximum absolute atomic E-state index is 10.7. The highest BCUT2D eigenvalue weighted by Crippen LogP contribution is 2.30. The van der Waals surface area contributed by atoms with Gasteiger partial charge >= 0.3 is 5.97 Å². The van der Waals surface area contributed by atoms with Crippen molar-refractivity contribution < 1.29 is 9.90 Å². The number of aryl methyl sites for hydroxylation is 3. The van der Waals surface area contributed by atoms with Gasteiger partial charge in [-0.2, -0.15) is 0 Å². The molecule has 6 heteroatoms. The lowest BCUT2D eigenvalue weighted by molar-refractivity contribution is -0.130. The van der Waals surface area contributed by atoms with Gasteiger partial charge in [-0.1, -0.05) is 37.1 Å². The van der Waals surface area contributed by atoms with Crippen molar-refractivity contribution >= 4 is 28.0 Å². The van der Waals surface area contributed by atoms with E-state index < -0.39 is 5.97 Å². The highest BCUT2D eigenvalue weighted by molar-refractivity contribution is 5.88. The summed E-state index contributed by atoms with van der Waals surface area (Å²) in [6.45, 7) is 4.94. The number of rotatable bonds is 5. The van der Waals surface area contributed by atoms with Crippen LogP contribution in [-0.2, 0) is 24.8 Å². The minimum atomic E-state index is -1.13. The van der Waals surface area contributed by atoms with E-state index >= 15 is 0 Å². The van der Waals surface area contributed by atoms with Gasteiger partial charge < -0.3 is 14.2 Å². The maximum atomic E-state index is 10.7. The fraction of sp³-hybridized carbons (Fsp3) is 0.207. The molecule has 0 amide bonds. The average molecular weight is 463 g/mol. The normalized spacial score (nSPS) is 11.1. The number of carbonyl (C=O) groups is 1. The van der Waals surface area contributed by atoms with Gasteiger partial charge in [0.25, 0.3) is 0 Å². The molecule has 0 saturated carbocycles. The Labute approximate surface area is 203 Å². The highest BCUT2D eigenvalue weighted by atomic mass is 16.4. The Bertz CT molecular complexity index is 1630. The number of hydrogen-bond acceptors (Lipinski definition) is 3. The van der Waals surface area contributed by atoms with Gasteiger partial charge in [0.2, 0.25) is 0 Å². The fourth-order valence-electron chi connectivity index (χ4n) is 4.57. The topological polar surface area (TPSA) is 72.9 Å². The van der Waals surface area contributed by atoms with Crippen LogP contribution < -0.4 is 0 Å². The van der Waals surface area contributed by atoms with Gasteiger partial charge in [-0.15, -0.1) is 0 Å². The van der Waals surface area contributed by atoms with E-state index in [4.69, 9.17) is 15.1 Å². The number of benzene rings is 3. The molecule has 0 aliphatic rings. The Morgan fingerprint density at radius 3 is 2.51 bits per heavy atom. The molecule has 0 spiro atoms. The van der Waals surface area contributed by atoms with Crippen molar-refractivity contribution in [3.05, 3.63) is 83.2 Å². The molecule has 3 aromatic carbocycles. The lowest BCUT2D eigenvalue weighted by atomic mass is 10.1. The molecular formula is C29H26N4O2. The van der Waals surface area contributed by atoms with E-state index in [2.05, 4.69) is 60.1 Å². The van der Waals surface area contributed by atoms with Crippen LogP contribution in [0.1, 0.15) is 35.9 Å².